The van der Waals surface area contributed by atoms with Crippen molar-refractivity contribution >= 4 is 5.91 Å². The number of aryl methyl sites for hydroxylation is 1. The maximum atomic E-state index is 12.5. The van der Waals surface area contributed by atoms with Gasteiger partial charge in [0, 0.05) is 13.0 Å². The van der Waals surface area contributed by atoms with Gasteiger partial charge in [0.25, 0.3) is 0 Å². The highest BCUT2D eigenvalue weighted by Crippen LogP contribution is 2.48. The minimum atomic E-state index is -4.34. The van der Waals surface area contributed by atoms with E-state index in [1.54, 1.807) is 17.9 Å². The van der Waals surface area contributed by atoms with Crippen LogP contribution in [0.15, 0.2) is 30.6 Å². The lowest BCUT2D eigenvalue weighted by atomic mass is 10.1. The van der Waals surface area contributed by atoms with E-state index >= 15 is 0 Å². The molecular weight excluding hydrogens is 309 g/mol. The first-order chi connectivity index (χ1) is 10.9. The summed E-state index contributed by atoms with van der Waals surface area (Å²) >= 11 is 0. The SMILES string of the molecule is Cn1cnnc1CNC(=O)C1CC1c1ccc(C(F)(F)F)cc1. The Kier molecular flexibility index (Phi) is 3.83. The van der Waals surface area contributed by atoms with Gasteiger partial charge in [0.05, 0.1) is 12.1 Å². The van der Waals surface area contributed by atoms with E-state index in [1.807, 2.05) is 0 Å². The van der Waals surface area contributed by atoms with Crippen molar-refractivity contribution in [1.82, 2.24) is 20.1 Å². The van der Waals surface area contributed by atoms with E-state index in [1.165, 1.54) is 12.1 Å². The number of nitrogens with zero attached hydrogens (tertiary/aromatic N) is 3. The third kappa shape index (κ3) is 3.35. The number of halogens is 3. The second-order valence-electron chi connectivity index (χ2n) is 5.64. The Morgan fingerprint density at radius 3 is 2.61 bits per heavy atom. The molecule has 0 bridgehead atoms. The third-order valence-corrected chi connectivity index (χ3v) is 4.02. The second-order valence-corrected chi connectivity index (χ2v) is 5.64. The van der Waals surface area contributed by atoms with Gasteiger partial charge in [-0.1, -0.05) is 12.1 Å². The molecule has 2 atom stereocenters. The highest BCUT2D eigenvalue weighted by molar-refractivity contribution is 5.82. The highest BCUT2D eigenvalue weighted by Gasteiger charge is 2.44. The monoisotopic (exact) mass is 324 g/mol. The van der Waals surface area contributed by atoms with Crippen LogP contribution < -0.4 is 5.32 Å². The number of aromatic nitrogens is 3. The van der Waals surface area contributed by atoms with Gasteiger partial charge in [-0.2, -0.15) is 13.2 Å². The first kappa shape index (κ1) is 15.5. The third-order valence-electron chi connectivity index (χ3n) is 4.02. The van der Waals surface area contributed by atoms with Crippen molar-refractivity contribution in [2.75, 3.05) is 0 Å². The van der Waals surface area contributed by atoms with Crippen LogP contribution in [0.2, 0.25) is 0 Å². The number of nitrogens with one attached hydrogen (secondary N) is 1. The lowest BCUT2D eigenvalue weighted by molar-refractivity contribution is -0.137. The molecule has 0 saturated heterocycles. The minimum absolute atomic E-state index is 0.0169. The maximum Gasteiger partial charge on any atom is 0.416 e. The second kappa shape index (κ2) is 5.68. The van der Waals surface area contributed by atoms with Gasteiger partial charge >= 0.3 is 6.18 Å². The molecule has 122 valence electrons. The number of benzene rings is 1. The Bertz CT molecular complexity index is 708. The zero-order valence-electron chi connectivity index (χ0n) is 12.3. The molecule has 2 unspecified atom stereocenters. The molecule has 1 N–H and O–H groups in total. The van der Waals surface area contributed by atoms with Crippen LogP contribution >= 0.6 is 0 Å². The molecule has 0 radical (unpaired) electrons. The molecule has 1 aromatic carbocycles. The molecule has 1 aliphatic carbocycles. The summed E-state index contributed by atoms with van der Waals surface area (Å²) in [6.07, 6.45) is -2.14. The molecule has 1 aromatic heterocycles. The average Bonchev–Trinajstić information content (AvgIpc) is 3.21. The molecule has 5 nitrogen and oxygen atoms in total. The van der Waals surface area contributed by atoms with Crippen molar-refractivity contribution in [3.63, 3.8) is 0 Å². The molecule has 1 aliphatic rings. The Morgan fingerprint density at radius 1 is 1.35 bits per heavy atom. The molecule has 1 saturated carbocycles. The average molecular weight is 324 g/mol. The van der Waals surface area contributed by atoms with E-state index in [0.717, 1.165) is 17.7 Å². The Hall–Kier alpha value is -2.38. The molecule has 1 amide bonds. The predicted octanol–water partition coefficient (Wildman–Crippen LogP) is 2.25. The number of alkyl halides is 3. The lowest BCUT2D eigenvalue weighted by Crippen LogP contribution is -2.26. The first-order valence-corrected chi connectivity index (χ1v) is 7.14. The smallest absolute Gasteiger partial charge is 0.349 e. The molecule has 23 heavy (non-hydrogen) atoms. The number of hydrogen-bond donors (Lipinski definition) is 1. The van der Waals surface area contributed by atoms with E-state index in [4.69, 9.17) is 0 Å². The van der Waals surface area contributed by atoms with Crippen molar-refractivity contribution in [2.45, 2.75) is 25.1 Å². The molecule has 0 aliphatic heterocycles. The van der Waals surface area contributed by atoms with Crippen LogP contribution in [0.1, 0.15) is 29.3 Å². The van der Waals surface area contributed by atoms with E-state index in [-0.39, 0.29) is 24.3 Å². The normalized spacial score (nSPS) is 20.3. The fraction of sp³-hybridized carbons (Fsp3) is 0.400. The van der Waals surface area contributed by atoms with E-state index in [2.05, 4.69) is 15.5 Å². The van der Waals surface area contributed by atoms with Crippen LogP contribution in [0.25, 0.3) is 0 Å². The largest absolute Gasteiger partial charge is 0.416 e. The number of rotatable bonds is 4. The molecule has 8 heteroatoms. The predicted molar refractivity (Wildman–Crippen MR) is 75.1 cm³/mol. The quantitative estimate of drug-likeness (QED) is 0.938. The highest BCUT2D eigenvalue weighted by atomic mass is 19.4. The van der Waals surface area contributed by atoms with E-state index in [9.17, 15) is 18.0 Å². The van der Waals surface area contributed by atoms with Crippen LogP contribution in [-0.2, 0) is 24.6 Å². The Balaban J connectivity index is 1.56. The van der Waals surface area contributed by atoms with Crippen LogP contribution in [-0.4, -0.2) is 20.7 Å². The zero-order valence-corrected chi connectivity index (χ0v) is 12.3. The summed E-state index contributed by atoms with van der Waals surface area (Å²) in [6.45, 7) is 0.283. The van der Waals surface area contributed by atoms with Gasteiger partial charge < -0.3 is 9.88 Å². The van der Waals surface area contributed by atoms with Crippen molar-refractivity contribution < 1.29 is 18.0 Å². The minimum Gasteiger partial charge on any atom is -0.349 e. The topological polar surface area (TPSA) is 59.8 Å². The van der Waals surface area contributed by atoms with Crippen LogP contribution in [0.3, 0.4) is 0 Å². The first-order valence-electron chi connectivity index (χ1n) is 7.14. The summed E-state index contributed by atoms with van der Waals surface area (Å²) in [7, 11) is 1.78. The van der Waals surface area contributed by atoms with Crippen LogP contribution in [0.4, 0.5) is 13.2 Å². The van der Waals surface area contributed by atoms with Crippen LogP contribution in [0.5, 0.6) is 0 Å². The lowest BCUT2D eigenvalue weighted by Gasteiger charge is -2.08. The van der Waals surface area contributed by atoms with Gasteiger partial charge in [-0.05, 0) is 30.0 Å². The zero-order chi connectivity index (χ0) is 16.6. The van der Waals surface area contributed by atoms with Crippen molar-refractivity contribution in [1.29, 1.82) is 0 Å². The van der Waals surface area contributed by atoms with E-state index in [0.29, 0.717) is 12.2 Å². The summed E-state index contributed by atoms with van der Waals surface area (Å²) in [4.78, 5) is 12.1. The molecule has 1 fully saturated rings. The van der Waals surface area contributed by atoms with E-state index < -0.39 is 11.7 Å². The maximum absolute atomic E-state index is 12.5. The molecule has 3 rings (SSSR count). The Labute approximate surface area is 130 Å². The fourth-order valence-corrected chi connectivity index (χ4v) is 2.54. The van der Waals surface area contributed by atoms with Crippen molar-refractivity contribution in [3.8, 4) is 0 Å². The van der Waals surface area contributed by atoms with Gasteiger partial charge in [-0.3, -0.25) is 4.79 Å². The van der Waals surface area contributed by atoms with Crippen LogP contribution in [0, 0.1) is 5.92 Å². The molecule has 2 aromatic rings. The number of carbonyl (C=O) groups is 1. The van der Waals surface area contributed by atoms with Gasteiger partial charge in [-0.15, -0.1) is 10.2 Å². The molecule has 0 spiro atoms. The van der Waals surface area contributed by atoms with Gasteiger partial charge in [0.2, 0.25) is 5.91 Å². The Morgan fingerprint density at radius 2 is 2.04 bits per heavy atom. The molecular formula is C15H15F3N4O. The standard InChI is InChI=1S/C15H15F3N4O/c1-22-8-20-21-13(22)7-19-14(23)12-6-11(12)9-2-4-10(5-3-9)15(16,17)18/h2-5,8,11-12H,6-7H2,1H3,(H,19,23). The summed E-state index contributed by atoms with van der Waals surface area (Å²) in [6, 6.07) is 5.01. The number of carbonyl (C=O) groups excluding carboxylic acids is 1. The number of hydrogen-bond acceptors (Lipinski definition) is 3. The van der Waals surface area contributed by atoms with Crippen molar-refractivity contribution in [3.05, 3.63) is 47.5 Å². The summed E-state index contributed by atoms with van der Waals surface area (Å²) in [5, 5.41) is 10.4. The summed E-state index contributed by atoms with van der Waals surface area (Å²) in [5.74, 6) is 0.319. The van der Waals surface area contributed by atoms with Crippen molar-refractivity contribution in [2.24, 2.45) is 13.0 Å². The summed E-state index contributed by atoms with van der Waals surface area (Å²) in [5.41, 5.74) is 0.0852. The molecule has 1 heterocycles. The van der Waals surface area contributed by atoms with Gasteiger partial charge in [0.15, 0.2) is 5.82 Å². The summed E-state index contributed by atoms with van der Waals surface area (Å²) < 4.78 is 39.3. The van der Waals surface area contributed by atoms with Gasteiger partial charge in [-0.25, -0.2) is 0 Å². The number of amides is 1. The fourth-order valence-electron chi connectivity index (χ4n) is 2.54. The van der Waals surface area contributed by atoms with Gasteiger partial charge in [0.1, 0.15) is 6.33 Å².